The Labute approximate surface area is 371 Å². The van der Waals surface area contributed by atoms with Crippen molar-refractivity contribution in [2.24, 2.45) is 10.8 Å². The quantitative estimate of drug-likeness (QED) is 0.109. The van der Waals surface area contributed by atoms with Gasteiger partial charge in [-0.25, -0.2) is 9.59 Å². The van der Waals surface area contributed by atoms with Gasteiger partial charge in [-0.05, 0) is 122 Å². The molecular formula is C52H37N3O6S2. The summed E-state index contributed by atoms with van der Waals surface area (Å²) >= 11 is 2.71. The third kappa shape index (κ3) is 6.74. The molecule has 0 saturated heterocycles. The Morgan fingerprint density at radius 3 is 1.54 bits per heavy atom. The first-order valence-electron chi connectivity index (χ1n) is 20.1. The number of nitrogens with zero attached hydrogens (tertiary/aromatic N) is 3. The highest BCUT2D eigenvalue weighted by Crippen LogP contribution is 2.56. The Morgan fingerprint density at radius 2 is 1.13 bits per heavy atom. The molecule has 2 heterocycles. The van der Waals surface area contributed by atoms with Gasteiger partial charge in [-0.15, -0.1) is 22.7 Å². The summed E-state index contributed by atoms with van der Waals surface area (Å²) < 4.78 is 0. The highest BCUT2D eigenvalue weighted by Gasteiger charge is 2.50. The number of carboxylic acid groups (broad SMARTS) is 2. The fourth-order valence-corrected chi connectivity index (χ4v) is 11.3. The molecule has 4 unspecified atom stereocenters. The zero-order valence-electron chi connectivity index (χ0n) is 34.5. The summed E-state index contributed by atoms with van der Waals surface area (Å²) in [4.78, 5) is 57.2. The summed E-state index contributed by atoms with van der Waals surface area (Å²) in [6.07, 6.45) is 14.8. The summed E-state index contributed by atoms with van der Waals surface area (Å²) in [6.45, 7) is 8.00. The number of thiophene rings is 2. The van der Waals surface area contributed by atoms with E-state index in [-0.39, 0.29) is 34.5 Å². The third-order valence-electron chi connectivity index (χ3n) is 12.6. The number of ketones is 2. The second-order valence-electron chi connectivity index (χ2n) is 16.6. The largest absolute Gasteiger partial charge is 0.477 e. The second-order valence-corrected chi connectivity index (χ2v) is 18.8. The molecule has 4 aliphatic rings. The number of carboxylic acids is 2. The smallest absolute Gasteiger partial charge is 0.346 e. The van der Waals surface area contributed by atoms with Crippen molar-refractivity contribution in [2.45, 2.75) is 39.5 Å². The van der Waals surface area contributed by atoms with Crippen molar-refractivity contribution in [3.05, 3.63) is 179 Å². The van der Waals surface area contributed by atoms with Crippen molar-refractivity contribution < 1.29 is 29.4 Å². The predicted molar refractivity (Wildman–Crippen MR) is 246 cm³/mol. The molecule has 9 rings (SSSR count). The molecule has 4 atom stereocenters. The van der Waals surface area contributed by atoms with Gasteiger partial charge in [0.15, 0.2) is 11.6 Å². The van der Waals surface area contributed by atoms with Gasteiger partial charge in [0.05, 0.1) is 10.8 Å². The molecular weight excluding hydrogens is 827 g/mol. The van der Waals surface area contributed by atoms with E-state index in [1.165, 1.54) is 34.8 Å². The molecule has 0 aliphatic heterocycles. The highest BCUT2D eigenvalue weighted by molar-refractivity contribution is 7.14. The van der Waals surface area contributed by atoms with Crippen LogP contribution in [0.2, 0.25) is 0 Å². The van der Waals surface area contributed by atoms with Crippen molar-refractivity contribution in [3.63, 3.8) is 0 Å². The number of aliphatic carboxylic acids is 2. The summed E-state index contributed by atoms with van der Waals surface area (Å²) in [6, 6.07) is 29.0. The van der Waals surface area contributed by atoms with Gasteiger partial charge in [-0.2, -0.15) is 10.5 Å². The van der Waals surface area contributed by atoms with E-state index in [0.717, 1.165) is 60.2 Å². The van der Waals surface area contributed by atoms with Crippen molar-refractivity contribution >= 4 is 86.5 Å². The van der Waals surface area contributed by atoms with Gasteiger partial charge >= 0.3 is 11.9 Å². The molecule has 0 fully saturated rings. The minimum absolute atomic E-state index is 0.0159. The number of rotatable bonds is 9. The lowest BCUT2D eigenvalue weighted by atomic mass is 9.73. The lowest BCUT2D eigenvalue weighted by Crippen LogP contribution is -2.26. The lowest BCUT2D eigenvalue weighted by Gasteiger charge is -2.29. The first-order valence-corrected chi connectivity index (χ1v) is 21.7. The van der Waals surface area contributed by atoms with E-state index in [4.69, 9.17) is 0 Å². The normalized spacial score (nSPS) is 22.0. The topological polar surface area (TPSA) is 160 Å². The zero-order valence-corrected chi connectivity index (χ0v) is 36.1. The Bertz CT molecular complexity index is 2990. The monoisotopic (exact) mass is 863 g/mol. The molecule has 2 aromatic heterocycles. The van der Waals surface area contributed by atoms with Crippen LogP contribution in [0.4, 0.5) is 17.1 Å². The summed E-state index contributed by atoms with van der Waals surface area (Å²) in [7, 11) is 0. The van der Waals surface area contributed by atoms with Crippen LogP contribution in [0.1, 0.15) is 88.2 Å². The number of benzene rings is 3. The Hall–Kier alpha value is -7.44. The van der Waals surface area contributed by atoms with Gasteiger partial charge in [0.2, 0.25) is 0 Å². The van der Waals surface area contributed by atoms with Crippen molar-refractivity contribution in [1.82, 2.24) is 0 Å². The van der Waals surface area contributed by atoms with E-state index in [1.54, 1.807) is 24.3 Å². The number of anilines is 3. The molecule has 0 saturated carbocycles. The van der Waals surface area contributed by atoms with Crippen LogP contribution in [0.5, 0.6) is 0 Å². The number of allylic oxidation sites excluding steroid dienone is 8. The molecule has 308 valence electrons. The Kier molecular flexibility index (Phi) is 9.86. The van der Waals surface area contributed by atoms with Crippen LogP contribution in [0, 0.1) is 47.3 Å². The van der Waals surface area contributed by atoms with Crippen LogP contribution in [0.3, 0.4) is 0 Å². The number of hydrogen-bond donors (Lipinski definition) is 2. The number of fused-ring (bicyclic) bond motifs is 6. The van der Waals surface area contributed by atoms with Gasteiger partial charge in [-0.3, -0.25) is 9.59 Å². The summed E-state index contributed by atoms with van der Waals surface area (Å²) in [5.41, 5.74) is 6.88. The average Bonchev–Trinajstić information content (AvgIpc) is 4.03. The van der Waals surface area contributed by atoms with Gasteiger partial charge in [0.1, 0.15) is 23.3 Å². The third-order valence-corrected chi connectivity index (χ3v) is 14.7. The first kappa shape index (κ1) is 40.9. The molecule has 63 heavy (non-hydrogen) atoms. The molecule has 5 aromatic rings. The molecule has 0 spiro atoms. The average molecular weight is 864 g/mol. The van der Waals surface area contributed by atoms with Crippen LogP contribution in [-0.4, -0.2) is 33.7 Å². The molecule has 0 radical (unpaired) electrons. The van der Waals surface area contributed by atoms with E-state index in [9.17, 15) is 39.9 Å². The Balaban J connectivity index is 1.06. The number of hydrogen-bond acceptors (Lipinski definition) is 9. The number of carbonyl (C=O) groups is 4. The SMILES string of the molecule is Cc1ccc(N(c2ccc3c(c2)C(=O)C2(C)C=C(c4ccc(/C=C(\C#N)C(=O)O)s4)C=CC32)c2ccc3c(c2)C(=O)C2(C)C=C(c4ccc(/C=C(\C#N)C(=O)O)s4)C=CC32)c(C)c1. The molecule has 2 N–H and O–H groups in total. The van der Waals surface area contributed by atoms with Crippen LogP contribution in [-0.2, 0) is 9.59 Å². The fourth-order valence-electron chi connectivity index (χ4n) is 9.40. The van der Waals surface area contributed by atoms with E-state index in [1.807, 2.05) is 93.6 Å². The first-order chi connectivity index (χ1) is 30.1. The maximum Gasteiger partial charge on any atom is 0.346 e. The Morgan fingerprint density at radius 1 is 0.667 bits per heavy atom. The minimum Gasteiger partial charge on any atom is -0.477 e. The molecule has 4 aliphatic carbocycles. The van der Waals surface area contributed by atoms with Crippen LogP contribution in [0.15, 0.2) is 126 Å². The van der Waals surface area contributed by atoms with E-state index >= 15 is 0 Å². The number of carbonyl (C=O) groups excluding carboxylic acids is 2. The van der Waals surface area contributed by atoms with E-state index in [2.05, 4.69) is 42.2 Å². The van der Waals surface area contributed by atoms with Gasteiger partial charge in [0.25, 0.3) is 0 Å². The number of Topliss-reactive ketones (excluding diaryl/α,β-unsaturated/α-hetero) is 2. The molecule has 0 bridgehead atoms. The lowest BCUT2D eigenvalue weighted by molar-refractivity contribution is -0.133. The van der Waals surface area contributed by atoms with Gasteiger partial charge in [0, 0.05) is 59.5 Å². The molecule has 3 aromatic carbocycles. The van der Waals surface area contributed by atoms with Gasteiger partial charge in [-0.1, -0.05) is 66.3 Å². The van der Waals surface area contributed by atoms with Crippen LogP contribution >= 0.6 is 22.7 Å². The second kappa shape index (κ2) is 15.2. The minimum atomic E-state index is -1.29. The van der Waals surface area contributed by atoms with Crippen LogP contribution < -0.4 is 4.90 Å². The molecule has 9 nitrogen and oxygen atoms in total. The van der Waals surface area contributed by atoms with E-state index in [0.29, 0.717) is 20.9 Å². The standard InChI is InChI=1S/C52H37N3O6S2/c1-28-5-16-44(29(2)19-28)55(34-8-12-38-40(22-34)47(56)51(3)24-30(6-14-42(38)51)45-17-10-36(62-45)20-32(26-53)49(58)59)35-9-13-39-41(23-35)48(57)52(4)25-31(7-15-43(39)52)46-18-11-37(63-46)21-33(27-54)50(60)61/h5-25,42-43H,1-4H3,(H,58,59)(H,60,61)/b32-20+,33-21+. The van der Waals surface area contributed by atoms with Crippen molar-refractivity contribution in [1.29, 1.82) is 10.5 Å². The van der Waals surface area contributed by atoms with Gasteiger partial charge < -0.3 is 15.1 Å². The van der Waals surface area contributed by atoms with Crippen molar-refractivity contribution in [2.75, 3.05) is 4.90 Å². The fraction of sp³-hybridized carbons (Fsp3) is 0.154. The van der Waals surface area contributed by atoms with Crippen LogP contribution in [0.25, 0.3) is 23.3 Å². The molecule has 0 amide bonds. The zero-order chi connectivity index (χ0) is 44.5. The maximum absolute atomic E-state index is 14.6. The number of nitriles is 2. The summed E-state index contributed by atoms with van der Waals surface area (Å²) in [5.74, 6) is -3.01. The summed E-state index contributed by atoms with van der Waals surface area (Å²) in [5, 5.41) is 37.2. The highest BCUT2D eigenvalue weighted by atomic mass is 32.1. The molecule has 11 heteroatoms. The van der Waals surface area contributed by atoms with E-state index < -0.39 is 22.8 Å². The van der Waals surface area contributed by atoms with Crippen molar-refractivity contribution in [3.8, 4) is 12.1 Å². The predicted octanol–water partition coefficient (Wildman–Crippen LogP) is 11.8. The number of aryl methyl sites for hydroxylation is 2. The maximum atomic E-state index is 14.6.